The predicted molar refractivity (Wildman–Crippen MR) is 75.2 cm³/mol. The van der Waals surface area contributed by atoms with Gasteiger partial charge >= 0.3 is 0 Å². The average Bonchev–Trinajstić information content (AvgIpc) is 2.48. The summed E-state index contributed by atoms with van der Waals surface area (Å²) >= 11 is 0. The summed E-state index contributed by atoms with van der Waals surface area (Å²) in [6.07, 6.45) is 4.93. The first kappa shape index (κ1) is 12.3. The van der Waals surface area contributed by atoms with Gasteiger partial charge in [-0.1, -0.05) is 18.2 Å². The minimum atomic E-state index is 0.695. The molecule has 2 heterocycles. The quantitative estimate of drug-likeness (QED) is 0.878. The molecule has 1 fully saturated rings. The van der Waals surface area contributed by atoms with Gasteiger partial charge in [0.1, 0.15) is 0 Å². The Bertz CT molecular complexity index is 510. The van der Waals surface area contributed by atoms with E-state index in [1.807, 2.05) is 12.1 Å². The SMILES string of the molecule is N#Cc1ccc(CN2CCCC3CNCC=C32)cc1. The van der Waals surface area contributed by atoms with Gasteiger partial charge < -0.3 is 10.2 Å². The summed E-state index contributed by atoms with van der Waals surface area (Å²) in [5, 5.41) is 12.3. The van der Waals surface area contributed by atoms with Crippen LogP contribution >= 0.6 is 0 Å². The number of benzene rings is 1. The van der Waals surface area contributed by atoms with Crippen LogP contribution in [0.4, 0.5) is 0 Å². The molecule has 3 nitrogen and oxygen atoms in total. The van der Waals surface area contributed by atoms with Crippen LogP contribution in [0.3, 0.4) is 0 Å². The monoisotopic (exact) mass is 253 g/mol. The molecule has 0 amide bonds. The molecular formula is C16H19N3. The lowest BCUT2D eigenvalue weighted by Crippen LogP contribution is -2.40. The van der Waals surface area contributed by atoms with Crippen molar-refractivity contribution in [1.82, 2.24) is 10.2 Å². The Hall–Kier alpha value is -1.79. The molecule has 1 aromatic carbocycles. The molecule has 0 aromatic heterocycles. The van der Waals surface area contributed by atoms with Crippen LogP contribution in [-0.4, -0.2) is 24.5 Å². The minimum Gasteiger partial charge on any atom is -0.370 e. The van der Waals surface area contributed by atoms with Gasteiger partial charge in [-0.2, -0.15) is 5.26 Å². The Morgan fingerprint density at radius 3 is 2.95 bits per heavy atom. The number of piperidine rings is 1. The lowest BCUT2D eigenvalue weighted by molar-refractivity contribution is 0.223. The second-order valence-electron chi connectivity index (χ2n) is 5.36. The molecule has 1 atom stereocenters. The van der Waals surface area contributed by atoms with Crippen molar-refractivity contribution in [1.29, 1.82) is 5.26 Å². The van der Waals surface area contributed by atoms with Crippen LogP contribution < -0.4 is 5.32 Å². The number of hydrogen-bond donors (Lipinski definition) is 1. The molecule has 1 saturated heterocycles. The highest BCUT2D eigenvalue weighted by Crippen LogP contribution is 2.29. The largest absolute Gasteiger partial charge is 0.370 e. The van der Waals surface area contributed by atoms with Crippen LogP contribution in [-0.2, 0) is 6.54 Å². The van der Waals surface area contributed by atoms with E-state index >= 15 is 0 Å². The van der Waals surface area contributed by atoms with Crippen LogP contribution in [0.2, 0.25) is 0 Å². The van der Waals surface area contributed by atoms with Gasteiger partial charge in [0, 0.05) is 37.8 Å². The Morgan fingerprint density at radius 2 is 2.16 bits per heavy atom. The van der Waals surface area contributed by atoms with Crippen LogP contribution in [0.5, 0.6) is 0 Å². The molecule has 1 unspecified atom stereocenters. The van der Waals surface area contributed by atoms with E-state index in [4.69, 9.17) is 5.26 Å². The number of nitrogens with zero attached hydrogens (tertiary/aromatic N) is 2. The van der Waals surface area contributed by atoms with Crippen molar-refractivity contribution in [3.05, 3.63) is 47.2 Å². The van der Waals surface area contributed by atoms with Crippen molar-refractivity contribution in [3.8, 4) is 6.07 Å². The van der Waals surface area contributed by atoms with E-state index in [1.54, 1.807) is 0 Å². The van der Waals surface area contributed by atoms with E-state index in [-0.39, 0.29) is 0 Å². The molecule has 1 aromatic rings. The van der Waals surface area contributed by atoms with E-state index < -0.39 is 0 Å². The first-order valence-corrected chi connectivity index (χ1v) is 7.01. The van der Waals surface area contributed by atoms with Crippen molar-refractivity contribution >= 4 is 0 Å². The molecule has 2 aliphatic heterocycles. The highest BCUT2D eigenvalue weighted by atomic mass is 15.2. The molecule has 0 radical (unpaired) electrons. The minimum absolute atomic E-state index is 0.695. The topological polar surface area (TPSA) is 39.1 Å². The zero-order chi connectivity index (χ0) is 13.1. The molecule has 1 N–H and O–H groups in total. The fourth-order valence-corrected chi connectivity index (χ4v) is 3.08. The van der Waals surface area contributed by atoms with Crippen molar-refractivity contribution in [2.24, 2.45) is 5.92 Å². The van der Waals surface area contributed by atoms with Crippen LogP contribution in [0.15, 0.2) is 36.0 Å². The third-order valence-electron chi connectivity index (χ3n) is 4.07. The zero-order valence-corrected chi connectivity index (χ0v) is 11.1. The van der Waals surface area contributed by atoms with Gasteiger partial charge in [-0.3, -0.25) is 0 Å². The van der Waals surface area contributed by atoms with E-state index in [0.29, 0.717) is 5.92 Å². The van der Waals surface area contributed by atoms with Crippen LogP contribution in [0.25, 0.3) is 0 Å². The van der Waals surface area contributed by atoms with Crippen LogP contribution in [0.1, 0.15) is 24.0 Å². The average molecular weight is 253 g/mol. The Balaban J connectivity index is 1.74. The molecule has 0 saturated carbocycles. The molecule has 0 spiro atoms. The maximum atomic E-state index is 8.83. The number of rotatable bonds is 2. The summed E-state index contributed by atoms with van der Waals surface area (Å²) < 4.78 is 0. The van der Waals surface area contributed by atoms with Gasteiger partial charge in [0.2, 0.25) is 0 Å². The molecular weight excluding hydrogens is 234 g/mol. The fraction of sp³-hybridized carbons (Fsp3) is 0.438. The van der Waals surface area contributed by atoms with E-state index in [0.717, 1.165) is 31.7 Å². The van der Waals surface area contributed by atoms with E-state index in [9.17, 15) is 0 Å². The third-order valence-corrected chi connectivity index (χ3v) is 4.07. The van der Waals surface area contributed by atoms with E-state index in [1.165, 1.54) is 24.1 Å². The highest BCUT2D eigenvalue weighted by Gasteiger charge is 2.26. The van der Waals surface area contributed by atoms with Crippen molar-refractivity contribution in [2.75, 3.05) is 19.6 Å². The maximum absolute atomic E-state index is 8.83. The fourth-order valence-electron chi connectivity index (χ4n) is 3.08. The predicted octanol–water partition coefficient (Wildman–Crippen LogP) is 2.26. The molecule has 3 heteroatoms. The van der Waals surface area contributed by atoms with Gasteiger partial charge in [-0.15, -0.1) is 0 Å². The van der Waals surface area contributed by atoms with Crippen LogP contribution in [0, 0.1) is 17.2 Å². The molecule has 98 valence electrons. The number of nitrogens with one attached hydrogen (secondary N) is 1. The second kappa shape index (κ2) is 5.46. The molecule has 19 heavy (non-hydrogen) atoms. The number of hydrogen-bond acceptors (Lipinski definition) is 3. The summed E-state index contributed by atoms with van der Waals surface area (Å²) in [5.74, 6) is 0.695. The Morgan fingerprint density at radius 1 is 1.32 bits per heavy atom. The van der Waals surface area contributed by atoms with Crippen molar-refractivity contribution < 1.29 is 0 Å². The summed E-state index contributed by atoms with van der Waals surface area (Å²) in [6.45, 7) is 4.24. The first-order chi connectivity index (χ1) is 9.36. The smallest absolute Gasteiger partial charge is 0.0991 e. The van der Waals surface area contributed by atoms with Gasteiger partial charge in [0.05, 0.1) is 11.6 Å². The summed E-state index contributed by atoms with van der Waals surface area (Å²) in [6, 6.07) is 10.1. The normalized spacial score (nSPS) is 22.4. The lowest BCUT2D eigenvalue weighted by Gasteiger charge is -2.39. The number of fused-ring (bicyclic) bond motifs is 1. The summed E-state index contributed by atoms with van der Waals surface area (Å²) in [4.78, 5) is 2.51. The number of nitriles is 1. The molecule has 0 aliphatic carbocycles. The lowest BCUT2D eigenvalue weighted by atomic mass is 9.91. The second-order valence-corrected chi connectivity index (χ2v) is 5.36. The van der Waals surface area contributed by atoms with Crippen molar-refractivity contribution in [3.63, 3.8) is 0 Å². The zero-order valence-electron chi connectivity index (χ0n) is 11.1. The summed E-state index contributed by atoms with van der Waals surface area (Å²) in [7, 11) is 0. The molecule has 3 rings (SSSR count). The number of likely N-dealkylation sites (tertiary alicyclic amines) is 1. The first-order valence-electron chi connectivity index (χ1n) is 7.01. The van der Waals surface area contributed by atoms with Gasteiger partial charge in [0.25, 0.3) is 0 Å². The summed E-state index contributed by atoms with van der Waals surface area (Å²) in [5.41, 5.74) is 3.55. The Kier molecular flexibility index (Phi) is 3.52. The molecule has 0 bridgehead atoms. The van der Waals surface area contributed by atoms with Gasteiger partial charge in [0.15, 0.2) is 0 Å². The standard InChI is InChI=1S/C16H19N3/c17-10-13-3-5-14(6-4-13)12-19-9-1-2-15-11-18-8-7-16(15)19/h3-7,15,18H,1-2,8-9,11-12H2. The van der Waals surface area contributed by atoms with Crippen molar-refractivity contribution in [2.45, 2.75) is 19.4 Å². The van der Waals surface area contributed by atoms with E-state index in [2.05, 4.69) is 34.5 Å². The van der Waals surface area contributed by atoms with Gasteiger partial charge in [-0.25, -0.2) is 0 Å². The maximum Gasteiger partial charge on any atom is 0.0991 e. The highest BCUT2D eigenvalue weighted by molar-refractivity contribution is 5.32. The van der Waals surface area contributed by atoms with Gasteiger partial charge in [-0.05, 0) is 30.5 Å². The Labute approximate surface area is 114 Å². The third kappa shape index (κ3) is 2.64. The molecule has 2 aliphatic rings.